The van der Waals surface area contributed by atoms with Crippen LogP contribution in [0.25, 0.3) is 0 Å². The highest BCUT2D eigenvalue weighted by molar-refractivity contribution is 5.89. The molecule has 0 spiro atoms. The van der Waals surface area contributed by atoms with E-state index in [-0.39, 0.29) is 36.5 Å². The van der Waals surface area contributed by atoms with Crippen molar-refractivity contribution < 1.29 is 28.5 Å². The summed E-state index contributed by atoms with van der Waals surface area (Å²) in [6.45, 7) is 5.61. The number of carbonyl (C=O) groups is 1. The fourth-order valence-electron chi connectivity index (χ4n) is 5.78. The fraction of sp³-hybridized carbons (Fsp3) is 0.359. The van der Waals surface area contributed by atoms with Crippen LogP contribution in [-0.4, -0.2) is 43.1 Å². The average Bonchev–Trinajstić information content (AvgIpc) is 3.08. The summed E-state index contributed by atoms with van der Waals surface area (Å²) in [6.07, 6.45) is 1.17. The van der Waals surface area contributed by atoms with Crippen molar-refractivity contribution >= 4 is 5.97 Å². The maximum absolute atomic E-state index is 12.1. The van der Waals surface area contributed by atoms with Gasteiger partial charge in [0.2, 0.25) is 0 Å². The highest BCUT2D eigenvalue weighted by Crippen LogP contribution is 2.32. The molecule has 0 radical (unpaired) electrons. The first kappa shape index (κ1) is 32.6. The highest BCUT2D eigenvalue weighted by atomic mass is 16.6. The zero-order valence-electron chi connectivity index (χ0n) is 26.3. The van der Waals surface area contributed by atoms with Crippen molar-refractivity contribution in [2.24, 2.45) is 0 Å². The van der Waals surface area contributed by atoms with Gasteiger partial charge in [-0.1, -0.05) is 103 Å². The molecule has 5 rings (SSSR count). The molecule has 5 atom stereocenters. The molecule has 1 heterocycles. The van der Waals surface area contributed by atoms with Crippen molar-refractivity contribution in [3.8, 4) is 0 Å². The van der Waals surface area contributed by atoms with Gasteiger partial charge in [0.15, 0.2) is 0 Å². The van der Waals surface area contributed by atoms with Crippen molar-refractivity contribution in [3.05, 3.63) is 143 Å². The van der Waals surface area contributed by atoms with Gasteiger partial charge in [-0.2, -0.15) is 0 Å². The molecule has 1 aliphatic heterocycles. The minimum absolute atomic E-state index is 0.181. The predicted octanol–water partition coefficient (Wildman–Crippen LogP) is 7.73. The summed E-state index contributed by atoms with van der Waals surface area (Å²) in [7, 11) is 0. The van der Waals surface area contributed by atoms with Crippen molar-refractivity contribution in [2.45, 2.75) is 83.5 Å². The van der Waals surface area contributed by atoms with Gasteiger partial charge in [0.1, 0.15) is 18.3 Å². The molecule has 4 aromatic rings. The van der Waals surface area contributed by atoms with Crippen LogP contribution in [0.15, 0.2) is 115 Å². The summed E-state index contributed by atoms with van der Waals surface area (Å²) in [4.78, 5) is 12.1. The Morgan fingerprint density at radius 3 is 1.62 bits per heavy atom. The van der Waals surface area contributed by atoms with Gasteiger partial charge in [-0.15, -0.1) is 0 Å². The number of hydrogen-bond acceptors (Lipinski definition) is 6. The van der Waals surface area contributed by atoms with Crippen LogP contribution in [0.4, 0.5) is 0 Å². The van der Waals surface area contributed by atoms with Gasteiger partial charge in [-0.25, -0.2) is 4.79 Å². The Morgan fingerprint density at radius 1 is 0.622 bits per heavy atom. The van der Waals surface area contributed by atoms with Crippen LogP contribution in [-0.2, 0) is 49.9 Å². The molecular weight excluding hydrogens is 564 g/mol. The normalized spacial score (nSPS) is 21.3. The van der Waals surface area contributed by atoms with Gasteiger partial charge in [-0.05, 0) is 67.5 Å². The first-order valence-electron chi connectivity index (χ1n) is 16.0. The molecule has 1 aliphatic rings. The molecule has 0 aromatic heterocycles. The standard InChI is InChI=1S/C39H44O6/c1-3-41-39(40)34-24-22-30(23-25-34)20-13-21-35-37(43-27-32-16-9-5-10-17-32)38(44-28-33-18-11-6-12-19-33)36(29(2)45-35)42-26-31-14-7-4-8-15-31/h4-12,14-19,22-25,29,35-38H,3,13,20-21,26-28H2,1-2H3. The fourth-order valence-corrected chi connectivity index (χ4v) is 5.78. The topological polar surface area (TPSA) is 63.2 Å². The second kappa shape index (κ2) is 17.0. The lowest BCUT2D eigenvalue weighted by molar-refractivity contribution is -0.262. The minimum atomic E-state index is -0.338. The van der Waals surface area contributed by atoms with Crippen LogP contribution in [0, 0.1) is 0 Å². The predicted molar refractivity (Wildman–Crippen MR) is 175 cm³/mol. The van der Waals surface area contributed by atoms with Crippen LogP contribution in [0.3, 0.4) is 0 Å². The van der Waals surface area contributed by atoms with E-state index in [0.29, 0.717) is 32.0 Å². The first-order chi connectivity index (χ1) is 22.1. The molecule has 0 bridgehead atoms. The van der Waals surface area contributed by atoms with Crippen LogP contribution in [0.5, 0.6) is 0 Å². The molecule has 6 heteroatoms. The molecule has 4 aromatic carbocycles. The summed E-state index contributed by atoms with van der Waals surface area (Å²) in [5.41, 5.74) is 5.03. The third kappa shape index (κ3) is 9.59. The van der Waals surface area contributed by atoms with E-state index in [1.165, 1.54) is 0 Å². The molecular formula is C39H44O6. The maximum Gasteiger partial charge on any atom is 0.338 e. The van der Waals surface area contributed by atoms with Gasteiger partial charge < -0.3 is 23.7 Å². The van der Waals surface area contributed by atoms with E-state index in [9.17, 15) is 4.79 Å². The Morgan fingerprint density at radius 2 is 1.11 bits per heavy atom. The number of aryl methyl sites for hydroxylation is 1. The van der Waals surface area contributed by atoms with E-state index in [4.69, 9.17) is 23.7 Å². The lowest BCUT2D eigenvalue weighted by Gasteiger charge is -2.45. The first-order valence-corrected chi connectivity index (χ1v) is 16.0. The minimum Gasteiger partial charge on any atom is -0.462 e. The Labute approximate surface area is 267 Å². The van der Waals surface area contributed by atoms with Gasteiger partial charge in [-0.3, -0.25) is 0 Å². The Hall–Kier alpha value is -3.81. The van der Waals surface area contributed by atoms with Crippen LogP contribution >= 0.6 is 0 Å². The Kier molecular flexibility index (Phi) is 12.3. The van der Waals surface area contributed by atoms with Crippen molar-refractivity contribution in [1.82, 2.24) is 0 Å². The smallest absolute Gasteiger partial charge is 0.338 e. The summed E-state index contributed by atoms with van der Waals surface area (Å²) >= 11 is 0. The molecule has 1 saturated heterocycles. The molecule has 1 fully saturated rings. The average molecular weight is 609 g/mol. The summed E-state index contributed by atoms with van der Waals surface area (Å²) in [6, 6.07) is 38.3. The van der Waals surface area contributed by atoms with E-state index in [2.05, 4.69) is 43.3 Å². The second-order valence-corrected chi connectivity index (χ2v) is 11.5. The lowest BCUT2D eigenvalue weighted by Crippen LogP contribution is -2.59. The monoisotopic (exact) mass is 608 g/mol. The lowest BCUT2D eigenvalue weighted by atomic mass is 9.91. The van der Waals surface area contributed by atoms with Gasteiger partial charge in [0.05, 0.1) is 44.2 Å². The van der Waals surface area contributed by atoms with Crippen molar-refractivity contribution in [1.29, 1.82) is 0 Å². The van der Waals surface area contributed by atoms with Crippen LogP contribution in [0.1, 0.15) is 59.3 Å². The molecule has 236 valence electrons. The quantitative estimate of drug-likeness (QED) is 0.129. The van der Waals surface area contributed by atoms with Gasteiger partial charge >= 0.3 is 5.97 Å². The highest BCUT2D eigenvalue weighted by Gasteiger charge is 2.46. The third-order valence-electron chi connectivity index (χ3n) is 8.14. The van der Waals surface area contributed by atoms with E-state index in [1.54, 1.807) is 0 Å². The van der Waals surface area contributed by atoms with Crippen LogP contribution in [0.2, 0.25) is 0 Å². The Bertz CT molecular complexity index is 1410. The number of carbonyl (C=O) groups excluding carboxylic acids is 1. The molecule has 6 nitrogen and oxygen atoms in total. The van der Waals surface area contributed by atoms with E-state index < -0.39 is 0 Å². The van der Waals surface area contributed by atoms with Gasteiger partial charge in [0.25, 0.3) is 0 Å². The number of hydrogen-bond donors (Lipinski definition) is 0. The zero-order valence-corrected chi connectivity index (χ0v) is 26.3. The maximum atomic E-state index is 12.1. The Balaban J connectivity index is 1.32. The second-order valence-electron chi connectivity index (χ2n) is 11.5. The molecule has 0 saturated carbocycles. The molecule has 0 N–H and O–H groups in total. The molecule has 0 aliphatic carbocycles. The molecule has 0 amide bonds. The number of ether oxygens (including phenoxy) is 5. The summed E-state index contributed by atoms with van der Waals surface area (Å²) < 4.78 is 31.8. The zero-order chi connectivity index (χ0) is 31.3. The number of esters is 1. The van der Waals surface area contributed by atoms with E-state index in [0.717, 1.165) is 41.5 Å². The van der Waals surface area contributed by atoms with Gasteiger partial charge in [0, 0.05) is 0 Å². The number of benzene rings is 4. The summed E-state index contributed by atoms with van der Waals surface area (Å²) in [5, 5.41) is 0. The largest absolute Gasteiger partial charge is 0.462 e. The number of rotatable bonds is 15. The summed E-state index contributed by atoms with van der Waals surface area (Å²) in [5.74, 6) is -0.294. The van der Waals surface area contributed by atoms with E-state index >= 15 is 0 Å². The van der Waals surface area contributed by atoms with E-state index in [1.807, 2.05) is 85.8 Å². The van der Waals surface area contributed by atoms with Crippen molar-refractivity contribution in [3.63, 3.8) is 0 Å². The molecule has 45 heavy (non-hydrogen) atoms. The van der Waals surface area contributed by atoms with Crippen LogP contribution < -0.4 is 0 Å². The third-order valence-corrected chi connectivity index (χ3v) is 8.14. The SMILES string of the molecule is CCOC(=O)c1ccc(CCCC2OC(C)C(OCc3ccccc3)C(OCc3ccccc3)C2OCc2ccccc2)cc1. The van der Waals surface area contributed by atoms with Crippen molar-refractivity contribution in [2.75, 3.05) is 6.61 Å². The molecule has 5 unspecified atom stereocenters.